The monoisotopic (exact) mass is 480 g/mol. The normalized spacial score (nSPS) is 11.3. The van der Waals surface area contributed by atoms with Gasteiger partial charge in [0.05, 0.1) is 27.8 Å². The Bertz CT molecular complexity index is 1180. The van der Waals surface area contributed by atoms with E-state index in [0.29, 0.717) is 26.4 Å². The van der Waals surface area contributed by atoms with Crippen molar-refractivity contribution in [3.63, 3.8) is 0 Å². The number of hydrazone groups is 1. The van der Waals surface area contributed by atoms with Crippen molar-refractivity contribution in [2.75, 3.05) is 12.5 Å². The van der Waals surface area contributed by atoms with Gasteiger partial charge in [-0.05, 0) is 23.8 Å². The zero-order valence-corrected chi connectivity index (χ0v) is 18.2. The number of halogens is 2. The Balaban J connectivity index is 1.79. The molecule has 0 saturated heterocycles. The van der Waals surface area contributed by atoms with Gasteiger partial charge in [0, 0.05) is 23.4 Å². The third kappa shape index (κ3) is 5.48. The van der Waals surface area contributed by atoms with Crippen molar-refractivity contribution in [3.8, 4) is 17.0 Å². The van der Waals surface area contributed by atoms with E-state index in [1.165, 1.54) is 36.6 Å². The molecule has 160 valence electrons. The maximum atomic E-state index is 11.6. The number of hydrogen-bond acceptors (Lipinski definition) is 8. The molecule has 0 unspecified atom stereocenters. The second-order valence-electron chi connectivity index (χ2n) is 6.08. The molecule has 3 aromatic rings. The van der Waals surface area contributed by atoms with E-state index < -0.39 is 10.9 Å². The zero-order valence-electron chi connectivity index (χ0n) is 15.8. The molecule has 0 saturated carbocycles. The van der Waals surface area contributed by atoms with Gasteiger partial charge in [-0.3, -0.25) is 15.5 Å². The third-order valence-corrected chi connectivity index (χ3v) is 5.55. The van der Waals surface area contributed by atoms with Crippen LogP contribution >= 0.6 is 34.5 Å². The summed E-state index contributed by atoms with van der Waals surface area (Å²) < 4.78 is 4.95. The molecule has 2 aromatic carbocycles. The summed E-state index contributed by atoms with van der Waals surface area (Å²) in [6.45, 7) is 0. The van der Waals surface area contributed by atoms with Gasteiger partial charge in [0.25, 0.3) is 0 Å². The van der Waals surface area contributed by atoms with Gasteiger partial charge in [-0.1, -0.05) is 35.3 Å². The van der Waals surface area contributed by atoms with E-state index in [1.54, 1.807) is 23.6 Å². The first kappa shape index (κ1) is 22.5. The first-order chi connectivity index (χ1) is 14.8. The molecule has 0 spiro atoms. The number of anilines is 1. The Morgan fingerprint density at radius 2 is 2.06 bits per heavy atom. The van der Waals surface area contributed by atoms with Gasteiger partial charge < -0.3 is 9.84 Å². The van der Waals surface area contributed by atoms with Crippen LogP contribution in [0.1, 0.15) is 5.56 Å². The predicted molar refractivity (Wildman–Crippen MR) is 120 cm³/mol. The second-order valence-corrected chi connectivity index (χ2v) is 7.75. The number of nitro groups is 1. The lowest BCUT2D eigenvalue weighted by atomic mass is 10.1. The number of aliphatic carboxylic acids is 1. The fraction of sp³-hybridized carbons (Fsp3) is 0.105. The van der Waals surface area contributed by atoms with Crippen LogP contribution < -0.4 is 10.2 Å². The number of benzene rings is 2. The lowest BCUT2D eigenvalue weighted by Crippen LogP contribution is -2.18. The molecule has 31 heavy (non-hydrogen) atoms. The predicted octanol–water partition coefficient (Wildman–Crippen LogP) is 5.13. The van der Waals surface area contributed by atoms with Crippen LogP contribution in [0.3, 0.4) is 0 Å². The number of carboxylic acid groups (broad SMARTS) is 1. The number of methoxy groups -OCH3 is 1. The number of rotatable bonds is 8. The number of ether oxygens (including phenoxy) is 1. The minimum Gasteiger partial charge on any atom is -0.490 e. The first-order valence-corrected chi connectivity index (χ1v) is 10.2. The Kier molecular flexibility index (Phi) is 7.06. The van der Waals surface area contributed by atoms with Gasteiger partial charge in [0.15, 0.2) is 5.75 Å². The molecule has 3 rings (SSSR count). The molecule has 2 N–H and O–H groups in total. The van der Waals surface area contributed by atoms with Crippen molar-refractivity contribution in [1.29, 1.82) is 0 Å². The van der Waals surface area contributed by atoms with Crippen molar-refractivity contribution in [2.45, 2.75) is 6.42 Å². The minimum atomic E-state index is -1.27. The van der Waals surface area contributed by atoms with Crippen molar-refractivity contribution in [2.24, 2.45) is 5.10 Å². The number of aromatic nitrogens is 1. The molecule has 1 heterocycles. The number of nitrogens with one attached hydrogen (secondary N) is 1. The van der Waals surface area contributed by atoms with E-state index in [2.05, 4.69) is 15.5 Å². The van der Waals surface area contributed by atoms with Crippen LogP contribution in [-0.2, 0) is 11.2 Å². The van der Waals surface area contributed by atoms with Gasteiger partial charge in [-0.15, -0.1) is 11.3 Å². The molecule has 0 atom stereocenters. The minimum absolute atomic E-state index is 0.0818. The van der Waals surface area contributed by atoms with Gasteiger partial charge in [-0.2, -0.15) is 5.10 Å². The molecule has 0 aliphatic heterocycles. The van der Waals surface area contributed by atoms with Gasteiger partial charge >= 0.3 is 11.7 Å². The lowest BCUT2D eigenvalue weighted by molar-refractivity contribution is -0.385. The smallest absolute Gasteiger partial charge is 0.352 e. The molecule has 12 heteroatoms. The van der Waals surface area contributed by atoms with Crippen LogP contribution in [0.5, 0.6) is 5.75 Å². The van der Waals surface area contributed by atoms with E-state index in [1.807, 2.05) is 0 Å². The first-order valence-electron chi connectivity index (χ1n) is 8.56. The molecule has 0 radical (unpaired) electrons. The maximum Gasteiger partial charge on any atom is 0.352 e. The summed E-state index contributed by atoms with van der Waals surface area (Å²) in [6, 6.07) is 9.28. The number of thiazole rings is 1. The quantitative estimate of drug-likeness (QED) is 0.259. The summed E-state index contributed by atoms with van der Waals surface area (Å²) in [5.41, 5.74) is 3.87. The SMILES string of the molecule is COc1ccc(C/C(=N/Nc2nc(-c3ccc(Cl)c(Cl)c3)cs2)C(=O)O)cc1[N+](=O)[O-]. The lowest BCUT2D eigenvalue weighted by Gasteiger charge is -2.05. The van der Waals surface area contributed by atoms with Crippen molar-refractivity contribution < 1.29 is 19.6 Å². The Morgan fingerprint density at radius 1 is 1.29 bits per heavy atom. The maximum absolute atomic E-state index is 11.6. The fourth-order valence-corrected chi connectivity index (χ4v) is 3.53. The van der Waals surface area contributed by atoms with Crippen LogP contribution in [0.15, 0.2) is 46.9 Å². The summed E-state index contributed by atoms with van der Waals surface area (Å²) in [4.78, 5) is 26.5. The number of nitro benzene ring substituents is 1. The highest BCUT2D eigenvalue weighted by Gasteiger charge is 2.18. The topological polar surface area (TPSA) is 127 Å². The third-order valence-electron chi connectivity index (χ3n) is 4.06. The number of hydrogen-bond donors (Lipinski definition) is 2. The van der Waals surface area contributed by atoms with Crippen molar-refractivity contribution in [3.05, 3.63) is 67.5 Å². The van der Waals surface area contributed by atoms with E-state index in [4.69, 9.17) is 27.9 Å². The highest BCUT2D eigenvalue weighted by atomic mass is 35.5. The molecular formula is C19H14Cl2N4O5S. The summed E-state index contributed by atoms with van der Waals surface area (Å²) in [5.74, 6) is -1.19. The number of carboxylic acids is 1. The second kappa shape index (κ2) is 9.73. The molecule has 0 fully saturated rings. The highest BCUT2D eigenvalue weighted by Crippen LogP contribution is 2.31. The number of carbonyl (C=O) groups is 1. The average molecular weight is 481 g/mol. The Labute approximate surface area is 190 Å². The molecule has 1 aromatic heterocycles. The van der Waals surface area contributed by atoms with Crippen LogP contribution in [0, 0.1) is 10.1 Å². The van der Waals surface area contributed by atoms with Gasteiger partial charge in [0.1, 0.15) is 5.71 Å². The summed E-state index contributed by atoms with van der Waals surface area (Å²) in [7, 11) is 1.32. The Morgan fingerprint density at radius 3 is 2.71 bits per heavy atom. The summed E-state index contributed by atoms with van der Waals surface area (Å²) in [6.07, 6.45) is -0.141. The molecule has 0 aliphatic rings. The van der Waals surface area contributed by atoms with E-state index in [9.17, 15) is 20.0 Å². The van der Waals surface area contributed by atoms with Crippen LogP contribution in [0.25, 0.3) is 11.3 Å². The summed E-state index contributed by atoms with van der Waals surface area (Å²) >= 11 is 13.2. The average Bonchev–Trinajstić information content (AvgIpc) is 3.21. The van der Waals surface area contributed by atoms with Crippen molar-refractivity contribution >= 4 is 57.0 Å². The Hall–Kier alpha value is -3.21. The van der Waals surface area contributed by atoms with Crippen LogP contribution in [-0.4, -0.2) is 33.8 Å². The number of nitrogens with zero attached hydrogens (tertiary/aromatic N) is 3. The zero-order chi connectivity index (χ0) is 22.5. The molecule has 9 nitrogen and oxygen atoms in total. The van der Waals surface area contributed by atoms with E-state index in [-0.39, 0.29) is 23.6 Å². The van der Waals surface area contributed by atoms with E-state index in [0.717, 1.165) is 5.56 Å². The highest BCUT2D eigenvalue weighted by molar-refractivity contribution is 7.14. The van der Waals surface area contributed by atoms with Gasteiger partial charge in [0.2, 0.25) is 5.13 Å². The van der Waals surface area contributed by atoms with Crippen molar-refractivity contribution in [1.82, 2.24) is 4.98 Å². The van der Waals surface area contributed by atoms with Gasteiger partial charge in [-0.25, -0.2) is 9.78 Å². The van der Waals surface area contributed by atoms with Crippen LogP contribution in [0.4, 0.5) is 10.8 Å². The standard InChI is InChI=1S/C19H14Cl2N4O5S/c1-30-17-5-2-10(7-16(17)25(28)29)6-14(18(26)27)23-24-19-22-15(9-31-19)11-3-4-12(20)13(21)8-11/h2-5,7-9H,6H2,1H3,(H,22,24)(H,26,27)/b23-14-. The molecule has 0 aliphatic carbocycles. The largest absolute Gasteiger partial charge is 0.490 e. The van der Waals surface area contributed by atoms with Crippen LogP contribution in [0.2, 0.25) is 10.0 Å². The molecule has 0 amide bonds. The molecule has 0 bridgehead atoms. The summed E-state index contributed by atoms with van der Waals surface area (Å²) in [5, 5.41) is 27.5. The molecular weight excluding hydrogens is 467 g/mol. The fourth-order valence-electron chi connectivity index (χ4n) is 2.57. The van der Waals surface area contributed by atoms with E-state index >= 15 is 0 Å².